The molecule has 1 aromatic carbocycles. The van der Waals surface area contributed by atoms with E-state index in [0.29, 0.717) is 17.0 Å². The Morgan fingerprint density at radius 2 is 2.09 bits per heavy atom. The molecule has 23 heavy (non-hydrogen) atoms. The largest absolute Gasteiger partial charge is 0.326 e. The highest BCUT2D eigenvalue weighted by molar-refractivity contribution is 6.06. The van der Waals surface area contributed by atoms with Crippen molar-refractivity contribution in [3.63, 3.8) is 0 Å². The molecule has 7 heteroatoms. The zero-order valence-corrected chi connectivity index (χ0v) is 12.4. The van der Waals surface area contributed by atoms with Gasteiger partial charge in [-0.2, -0.15) is 5.10 Å². The van der Waals surface area contributed by atoms with Gasteiger partial charge in [-0.15, -0.1) is 0 Å². The Bertz CT molecular complexity index is 732. The Labute approximate surface area is 132 Å². The van der Waals surface area contributed by atoms with Gasteiger partial charge in [0, 0.05) is 23.8 Å². The molecule has 1 aromatic heterocycles. The molecule has 0 saturated heterocycles. The van der Waals surface area contributed by atoms with Crippen LogP contribution in [0.2, 0.25) is 0 Å². The summed E-state index contributed by atoms with van der Waals surface area (Å²) in [5.41, 5.74) is 3.49. The number of nitrogens with zero attached hydrogens (tertiary/aromatic N) is 2. The minimum absolute atomic E-state index is 0.0240. The smallest absolute Gasteiger partial charge is 0.272 e. The molecule has 0 bridgehead atoms. The average Bonchev–Trinajstić information content (AvgIpc) is 2.53. The van der Waals surface area contributed by atoms with Gasteiger partial charge in [-0.05, 0) is 37.3 Å². The van der Waals surface area contributed by atoms with E-state index in [1.54, 1.807) is 31.3 Å². The van der Waals surface area contributed by atoms with Crippen molar-refractivity contribution in [2.45, 2.75) is 13.3 Å². The maximum atomic E-state index is 13.0. The standard InChI is InChI=1S/C16H15FN4O2/c1-11(20-21-16(23)12-4-3-7-18-10-12)8-15(22)19-14-6-2-5-13(17)9-14/h2-7,9-10H,8H2,1H3,(H,19,22)(H,21,23). The van der Waals surface area contributed by atoms with Crippen molar-refractivity contribution < 1.29 is 14.0 Å². The van der Waals surface area contributed by atoms with E-state index >= 15 is 0 Å². The predicted octanol–water partition coefficient (Wildman–Crippen LogP) is 2.36. The highest BCUT2D eigenvalue weighted by atomic mass is 19.1. The lowest BCUT2D eigenvalue weighted by molar-refractivity contribution is -0.115. The normalized spacial score (nSPS) is 11.0. The monoisotopic (exact) mass is 314 g/mol. The summed E-state index contributed by atoms with van der Waals surface area (Å²) in [5, 5.41) is 6.40. The molecular formula is C16H15FN4O2. The molecule has 0 unspecified atom stereocenters. The number of benzene rings is 1. The van der Waals surface area contributed by atoms with E-state index in [1.807, 2.05) is 0 Å². The Morgan fingerprint density at radius 1 is 1.26 bits per heavy atom. The van der Waals surface area contributed by atoms with Crippen LogP contribution in [0.5, 0.6) is 0 Å². The Balaban J connectivity index is 1.87. The van der Waals surface area contributed by atoms with Crippen molar-refractivity contribution in [2.24, 2.45) is 5.10 Å². The molecule has 0 aliphatic rings. The Morgan fingerprint density at radius 3 is 2.78 bits per heavy atom. The van der Waals surface area contributed by atoms with Crippen LogP contribution in [0.1, 0.15) is 23.7 Å². The van der Waals surface area contributed by atoms with Gasteiger partial charge >= 0.3 is 0 Å². The first-order valence-corrected chi connectivity index (χ1v) is 6.83. The van der Waals surface area contributed by atoms with Gasteiger partial charge in [0.15, 0.2) is 0 Å². The minimum atomic E-state index is -0.433. The van der Waals surface area contributed by atoms with Gasteiger partial charge in [0.2, 0.25) is 5.91 Å². The molecule has 0 aliphatic heterocycles. The topological polar surface area (TPSA) is 83.5 Å². The van der Waals surface area contributed by atoms with Crippen LogP contribution >= 0.6 is 0 Å². The van der Waals surface area contributed by atoms with Crippen LogP contribution in [0.15, 0.2) is 53.9 Å². The zero-order valence-electron chi connectivity index (χ0n) is 12.4. The summed E-state index contributed by atoms with van der Waals surface area (Å²) < 4.78 is 13.0. The lowest BCUT2D eigenvalue weighted by Gasteiger charge is -2.05. The number of rotatable bonds is 5. The van der Waals surface area contributed by atoms with E-state index in [-0.39, 0.29) is 12.3 Å². The quantitative estimate of drug-likeness (QED) is 0.656. The molecule has 2 N–H and O–H groups in total. The Kier molecular flexibility index (Phi) is 5.51. The summed E-state index contributed by atoms with van der Waals surface area (Å²) in [5.74, 6) is -1.20. The van der Waals surface area contributed by atoms with Crippen LogP contribution in [0.3, 0.4) is 0 Å². The molecule has 118 valence electrons. The summed E-state index contributed by atoms with van der Waals surface area (Å²) in [7, 11) is 0. The molecule has 2 aromatic rings. The number of amides is 2. The minimum Gasteiger partial charge on any atom is -0.326 e. The Hall–Kier alpha value is -3.09. The molecule has 0 radical (unpaired) electrons. The number of hydrazone groups is 1. The summed E-state index contributed by atoms with van der Waals surface area (Å²) in [6, 6.07) is 8.82. The highest BCUT2D eigenvalue weighted by Crippen LogP contribution is 2.09. The van der Waals surface area contributed by atoms with E-state index in [2.05, 4.69) is 20.8 Å². The fourth-order valence-electron chi connectivity index (χ4n) is 1.75. The molecule has 0 fully saturated rings. The van der Waals surface area contributed by atoms with E-state index in [1.165, 1.54) is 24.4 Å². The molecule has 2 amide bonds. The van der Waals surface area contributed by atoms with Gasteiger partial charge in [-0.25, -0.2) is 9.82 Å². The maximum absolute atomic E-state index is 13.0. The maximum Gasteiger partial charge on any atom is 0.272 e. The number of carbonyl (C=O) groups excluding carboxylic acids is 2. The van der Waals surface area contributed by atoms with Gasteiger partial charge in [0.25, 0.3) is 5.91 Å². The lowest BCUT2D eigenvalue weighted by Crippen LogP contribution is -2.21. The number of hydrogen-bond acceptors (Lipinski definition) is 4. The summed E-state index contributed by atoms with van der Waals surface area (Å²) in [6.45, 7) is 1.61. The van der Waals surface area contributed by atoms with Crippen molar-refractivity contribution in [2.75, 3.05) is 5.32 Å². The molecule has 0 atom stereocenters. The number of aromatic nitrogens is 1. The molecular weight excluding hydrogens is 299 g/mol. The fraction of sp³-hybridized carbons (Fsp3) is 0.125. The summed E-state index contributed by atoms with van der Waals surface area (Å²) in [4.78, 5) is 27.4. The molecule has 2 rings (SSSR count). The van der Waals surface area contributed by atoms with Gasteiger partial charge < -0.3 is 5.32 Å². The zero-order chi connectivity index (χ0) is 16.7. The second kappa shape index (κ2) is 7.79. The van der Waals surface area contributed by atoms with Crippen molar-refractivity contribution >= 4 is 23.2 Å². The van der Waals surface area contributed by atoms with Crippen LogP contribution < -0.4 is 10.7 Å². The number of anilines is 1. The first-order valence-electron chi connectivity index (χ1n) is 6.83. The third kappa shape index (κ3) is 5.31. The number of nitrogens with one attached hydrogen (secondary N) is 2. The number of carbonyl (C=O) groups is 2. The number of halogens is 1. The van der Waals surface area contributed by atoms with Gasteiger partial charge in [-0.3, -0.25) is 14.6 Å². The molecule has 0 spiro atoms. The number of hydrogen-bond donors (Lipinski definition) is 2. The van der Waals surface area contributed by atoms with Crippen LogP contribution in [0, 0.1) is 5.82 Å². The summed E-state index contributed by atoms with van der Waals surface area (Å²) in [6.07, 6.45) is 2.95. The van der Waals surface area contributed by atoms with Crippen molar-refractivity contribution in [1.29, 1.82) is 0 Å². The molecule has 6 nitrogen and oxygen atoms in total. The molecule has 0 saturated carbocycles. The highest BCUT2D eigenvalue weighted by Gasteiger charge is 2.07. The van der Waals surface area contributed by atoms with Crippen LogP contribution in [0.4, 0.5) is 10.1 Å². The molecule has 0 aliphatic carbocycles. The van der Waals surface area contributed by atoms with E-state index < -0.39 is 11.7 Å². The predicted molar refractivity (Wildman–Crippen MR) is 84.5 cm³/mol. The van der Waals surface area contributed by atoms with Crippen molar-refractivity contribution in [3.05, 3.63) is 60.2 Å². The van der Waals surface area contributed by atoms with Gasteiger partial charge in [0.1, 0.15) is 5.82 Å². The average molecular weight is 314 g/mol. The van der Waals surface area contributed by atoms with Crippen LogP contribution in [-0.4, -0.2) is 22.5 Å². The third-order valence-electron chi connectivity index (χ3n) is 2.80. The van der Waals surface area contributed by atoms with E-state index in [4.69, 9.17) is 0 Å². The van der Waals surface area contributed by atoms with Gasteiger partial charge in [0.05, 0.1) is 12.0 Å². The van der Waals surface area contributed by atoms with Gasteiger partial charge in [-0.1, -0.05) is 6.07 Å². The third-order valence-corrected chi connectivity index (χ3v) is 2.80. The lowest BCUT2D eigenvalue weighted by atomic mass is 10.2. The second-order valence-electron chi connectivity index (χ2n) is 4.77. The van der Waals surface area contributed by atoms with Crippen LogP contribution in [0.25, 0.3) is 0 Å². The second-order valence-corrected chi connectivity index (χ2v) is 4.77. The molecule has 1 heterocycles. The SMILES string of the molecule is CC(CC(=O)Nc1cccc(F)c1)=NNC(=O)c1cccnc1. The van der Waals surface area contributed by atoms with Crippen molar-refractivity contribution in [1.82, 2.24) is 10.4 Å². The summed E-state index contributed by atoms with van der Waals surface area (Å²) >= 11 is 0. The van der Waals surface area contributed by atoms with Crippen LogP contribution in [-0.2, 0) is 4.79 Å². The van der Waals surface area contributed by atoms with E-state index in [9.17, 15) is 14.0 Å². The van der Waals surface area contributed by atoms with E-state index in [0.717, 1.165) is 0 Å². The fourth-order valence-corrected chi connectivity index (χ4v) is 1.75. The first kappa shape index (κ1) is 16.3. The van der Waals surface area contributed by atoms with Crippen molar-refractivity contribution in [3.8, 4) is 0 Å². The number of pyridine rings is 1. The first-order chi connectivity index (χ1) is 11.0.